The van der Waals surface area contributed by atoms with Crippen LogP contribution in [0.1, 0.15) is 51.6 Å². The number of nitrogens with zero attached hydrogens (tertiary/aromatic N) is 2. The Bertz CT molecular complexity index is 527. The van der Waals surface area contributed by atoms with Gasteiger partial charge in [0, 0.05) is 37.2 Å². The zero-order chi connectivity index (χ0) is 16.2. The molecule has 1 aliphatic carbocycles. The van der Waals surface area contributed by atoms with Gasteiger partial charge in [-0.25, -0.2) is 9.97 Å². The Hall–Kier alpha value is -1.65. The van der Waals surface area contributed by atoms with Gasteiger partial charge in [-0.2, -0.15) is 0 Å². The van der Waals surface area contributed by atoms with Crippen molar-refractivity contribution in [2.75, 3.05) is 18.4 Å². The van der Waals surface area contributed by atoms with Gasteiger partial charge < -0.3 is 10.6 Å². The molecule has 2 N–H and O–H groups in total. The number of rotatable bonds is 8. The molecule has 5 heteroatoms. The second-order valence-corrected chi connectivity index (χ2v) is 6.88. The molecule has 1 saturated carbocycles. The van der Waals surface area contributed by atoms with Gasteiger partial charge in [-0.15, -0.1) is 0 Å². The fourth-order valence-corrected chi connectivity index (χ4v) is 2.58. The number of nitrogens with one attached hydrogen (secondary N) is 2. The minimum atomic E-state index is 0.175. The lowest BCUT2D eigenvalue weighted by Crippen LogP contribution is -2.31. The first-order valence-corrected chi connectivity index (χ1v) is 8.28. The van der Waals surface area contributed by atoms with Crippen molar-refractivity contribution in [3.63, 3.8) is 0 Å². The van der Waals surface area contributed by atoms with E-state index in [4.69, 9.17) is 0 Å². The number of amides is 1. The van der Waals surface area contributed by atoms with E-state index in [0.29, 0.717) is 13.1 Å². The van der Waals surface area contributed by atoms with Crippen molar-refractivity contribution in [1.29, 1.82) is 0 Å². The Kier molecular flexibility index (Phi) is 5.37. The molecule has 1 aromatic heterocycles. The first-order chi connectivity index (χ1) is 10.4. The summed E-state index contributed by atoms with van der Waals surface area (Å²) >= 11 is 0. The summed E-state index contributed by atoms with van der Waals surface area (Å²) < 4.78 is 0. The maximum atomic E-state index is 11.9. The summed E-state index contributed by atoms with van der Waals surface area (Å²) in [5.74, 6) is 2.11. The van der Waals surface area contributed by atoms with E-state index in [-0.39, 0.29) is 17.2 Å². The molecular formula is C17H28N4O. The van der Waals surface area contributed by atoms with Crippen LogP contribution in [0.15, 0.2) is 6.07 Å². The maximum Gasteiger partial charge on any atom is 0.223 e. The second kappa shape index (κ2) is 7.07. The molecule has 22 heavy (non-hydrogen) atoms. The average Bonchev–Trinajstić information content (AvgIpc) is 3.09. The zero-order valence-corrected chi connectivity index (χ0v) is 14.2. The number of hydrogen-bond donors (Lipinski definition) is 2. The van der Waals surface area contributed by atoms with Crippen molar-refractivity contribution in [3.8, 4) is 0 Å². The summed E-state index contributed by atoms with van der Waals surface area (Å²) in [6, 6.07) is 1.95. The SMILES string of the molecule is CCCCc1nc(C)cc(NCCNC(=O)[C@H]2CC2(C)C)n1. The summed E-state index contributed by atoms with van der Waals surface area (Å²) in [5.41, 5.74) is 1.17. The van der Waals surface area contributed by atoms with E-state index in [1.165, 1.54) is 0 Å². The highest BCUT2D eigenvalue weighted by Crippen LogP contribution is 2.51. The van der Waals surface area contributed by atoms with Crippen molar-refractivity contribution in [2.45, 2.75) is 53.4 Å². The summed E-state index contributed by atoms with van der Waals surface area (Å²) in [4.78, 5) is 20.9. The molecule has 0 aromatic carbocycles. The van der Waals surface area contributed by atoms with Gasteiger partial charge >= 0.3 is 0 Å². The Morgan fingerprint density at radius 2 is 2.09 bits per heavy atom. The Morgan fingerprint density at radius 1 is 1.36 bits per heavy atom. The number of anilines is 1. The smallest absolute Gasteiger partial charge is 0.223 e. The van der Waals surface area contributed by atoms with Crippen molar-refractivity contribution in [2.24, 2.45) is 11.3 Å². The molecule has 122 valence electrons. The number of aromatic nitrogens is 2. The number of carbonyl (C=O) groups excluding carboxylic acids is 1. The van der Waals surface area contributed by atoms with Crippen LogP contribution in [0, 0.1) is 18.3 Å². The van der Waals surface area contributed by atoms with Crippen LogP contribution in [0.3, 0.4) is 0 Å². The molecule has 1 heterocycles. The molecule has 1 atom stereocenters. The second-order valence-electron chi connectivity index (χ2n) is 6.88. The molecule has 1 aliphatic rings. The number of aryl methyl sites for hydroxylation is 2. The molecule has 0 aliphatic heterocycles. The Balaban J connectivity index is 1.74. The average molecular weight is 304 g/mol. The number of carbonyl (C=O) groups is 1. The van der Waals surface area contributed by atoms with Crippen LogP contribution in [-0.4, -0.2) is 29.0 Å². The third-order valence-corrected chi connectivity index (χ3v) is 4.21. The van der Waals surface area contributed by atoms with Crippen molar-refractivity contribution < 1.29 is 4.79 Å². The molecule has 0 bridgehead atoms. The number of hydrogen-bond acceptors (Lipinski definition) is 4. The molecule has 0 saturated heterocycles. The minimum Gasteiger partial charge on any atom is -0.368 e. The van der Waals surface area contributed by atoms with Crippen LogP contribution < -0.4 is 10.6 Å². The first-order valence-electron chi connectivity index (χ1n) is 8.28. The largest absolute Gasteiger partial charge is 0.368 e. The van der Waals surface area contributed by atoms with Crippen LogP contribution in [0.5, 0.6) is 0 Å². The molecule has 0 spiro atoms. The summed E-state index contributed by atoms with van der Waals surface area (Å²) in [5, 5.41) is 6.26. The predicted octanol–water partition coefficient (Wildman–Crippen LogP) is 2.70. The maximum absolute atomic E-state index is 11.9. The van der Waals surface area contributed by atoms with E-state index in [0.717, 1.165) is 43.0 Å². The Labute approximate surface area is 133 Å². The standard InChI is InChI=1S/C17H28N4O/c1-5-6-7-14-20-12(2)10-15(21-14)18-8-9-19-16(22)13-11-17(13,3)4/h10,13H,5-9,11H2,1-4H3,(H,19,22)(H,18,20,21)/t13-/m1/s1. The lowest BCUT2D eigenvalue weighted by molar-refractivity contribution is -0.122. The lowest BCUT2D eigenvalue weighted by Gasteiger charge is -2.10. The van der Waals surface area contributed by atoms with Crippen molar-refractivity contribution >= 4 is 11.7 Å². The van der Waals surface area contributed by atoms with Gasteiger partial charge in [0.15, 0.2) is 0 Å². The van der Waals surface area contributed by atoms with Gasteiger partial charge in [0.1, 0.15) is 11.6 Å². The highest BCUT2D eigenvalue weighted by atomic mass is 16.2. The third kappa shape index (κ3) is 4.68. The minimum absolute atomic E-state index is 0.175. The van der Waals surface area contributed by atoms with Gasteiger partial charge in [0.25, 0.3) is 0 Å². The normalized spacial score (nSPS) is 18.8. The van der Waals surface area contributed by atoms with E-state index in [1.54, 1.807) is 0 Å². The van der Waals surface area contributed by atoms with Gasteiger partial charge in [-0.3, -0.25) is 4.79 Å². The van der Waals surface area contributed by atoms with E-state index in [2.05, 4.69) is 41.4 Å². The lowest BCUT2D eigenvalue weighted by atomic mass is 10.1. The molecule has 1 aromatic rings. The fourth-order valence-electron chi connectivity index (χ4n) is 2.58. The van der Waals surface area contributed by atoms with Gasteiger partial charge in [0.2, 0.25) is 5.91 Å². The van der Waals surface area contributed by atoms with E-state index in [9.17, 15) is 4.79 Å². The summed E-state index contributed by atoms with van der Waals surface area (Å²) in [6.07, 6.45) is 4.16. The third-order valence-electron chi connectivity index (χ3n) is 4.21. The Morgan fingerprint density at radius 3 is 2.73 bits per heavy atom. The summed E-state index contributed by atoms with van der Waals surface area (Å²) in [6.45, 7) is 9.73. The highest BCUT2D eigenvalue weighted by Gasteiger charge is 2.50. The molecule has 1 amide bonds. The van der Waals surface area contributed by atoms with Crippen LogP contribution in [0.4, 0.5) is 5.82 Å². The first kappa shape index (κ1) is 16.7. The molecule has 1 fully saturated rings. The van der Waals surface area contributed by atoms with Crippen LogP contribution >= 0.6 is 0 Å². The molecular weight excluding hydrogens is 276 g/mol. The zero-order valence-electron chi connectivity index (χ0n) is 14.2. The van der Waals surface area contributed by atoms with E-state index in [1.807, 2.05) is 13.0 Å². The monoisotopic (exact) mass is 304 g/mol. The van der Waals surface area contributed by atoms with Crippen LogP contribution in [0.2, 0.25) is 0 Å². The van der Waals surface area contributed by atoms with Gasteiger partial charge in [-0.1, -0.05) is 27.2 Å². The van der Waals surface area contributed by atoms with Crippen LogP contribution in [0.25, 0.3) is 0 Å². The number of unbranched alkanes of at least 4 members (excludes halogenated alkanes) is 1. The summed E-state index contributed by atoms with van der Waals surface area (Å²) in [7, 11) is 0. The van der Waals surface area contributed by atoms with Crippen molar-refractivity contribution in [3.05, 3.63) is 17.6 Å². The highest BCUT2D eigenvalue weighted by molar-refractivity contribution is 5.82. The van der Waals surface area contributed by atoms with Crippen LogP contribution in [-0.2, 0) is 11.2 Å². The quantitative estimate of drug-likeness (QED) is 0.725. The predicted molar refractivity (Wildman–Crippen MR) is 88.8 cm³/mol. The molecule has 0 unspecified atom stereocenters. The molecule has 2 rings (SSSR count). The van der Waals surface area contributed by atoms with Gasteiger partial charge in [0.05, 0.1) is 0 Å². The van der Waals surface area contributed by atoms with E-state index < -0.39 is 0 Å². The topological polar surface area (TPSA) is 66.9 Å². The van der Waals surface area contributed by atoms with Crippen molar-refractivity contribution in [1.82, 2.24) is 15.3 Å². The molecule has 5 nitrogen and oxygen atoms in total. The van der Waals surface area contributed by atoms with Gasteiger partial charge in [-0.05, 0) is 25.2 Å². The van der Waals surface area contributed by atoms with E-state index >= 15 is 0 Å². The molecule has 0 radical (unpaired) electrons. The fraction of sp³-hybridized carbons (Fsp3) is 0.706.